The Bertz CT molecular complexity index is 1670. The maximum absolute atomic E-state index is 3.74. The summed E-state index contributed by atoms with van der Waals surface area (Å²) >= 11 is 0. The molecule has 0 aliphatic carbocycles. The number of hydrogen-bond donors (Lipinski definition) is 0. The first-order chi connectivity index (χ1) is 17.7. The molecule has 5 aromatic rings. The van der Waals surface area contributed by atoms with Crippen molar-refractivity contribution in [3.63, 3.8) is 0 Å². The number of aryl methyl sites for hydroxylation is 4. The van der Waals surface area contributed by atoms with Crippen LogP contribution in [0.4, 0.5) is 0 Å². The lowest BCUT2D eigenvalue weighted by atomic mass is 9.86. The molecular weight excluding hydrogens is 489 g/mol. The highest BCUT2D eigenvalue weighted by Gasteiger charge is 2.18. The molecule has 0 unspecified atom stereocenters. The number of benzene rings is 5. The fraction of sp³-hybridized carbons (Fsp3) is 0.278. The summed E-state index contributed by atoms with van der Waals surface area (Å²) in [6, 6.07) is 18.5. The lowest BCUT2D eigenvalue weighted by Crippen LogP contribution is -2.16. The zero-order chi connectivity index (χ0) is 27.6. The van der Waals surface area contributed by atoms with Crippen LogP contribution in [0.5, 0.6) is 0 Å². The van der Waals surface area contributed by atoms with Crippen molar-refractivity contribution < 1.29 is 0 Å². The third-order valence-corrected chi connectivity index (χ3v) is 9.13. The van der Waals surface area contributed by atoms with Gasteiger partial charge in [-0.15, -0.1) is 11.1 Å². The van der Waals surface area contributed by atoms with Crippen LogP contribution in [0.25, 0.3) is 43.1 Å². The second-order valence-electron chi connectivity index (χ2n) is 13.0. The van der Waals surface area contributed by atoms with Crippen molar-refractivity contribution >= 4 is 59.2 Å². The summed E-state index contributed by atoms with van der Waals surface area (Å²) in [5.41, 5.74) is 14.9. The van der Waals surface area contributed by atoms with Crippen molar-refractivity contribution in [2.45, 2.75) is 67.0 Å². The molecule has 5 aromatic carbocycles. The second-order valence-corrected chi connectivity index (χ2v) is 22.5. The fourth-order valence-corrected chi connectivity index (χ4v) is 6.25. The first-order valence-corrected chi connectivity index (χ1v) is 20.6. The van der Waals surface area contributed by atoms with E-state index in [1.807, 2.05) is 0 Å². The Morgan fingerprint density at radius 2 is 0.632 bits per heavy atom. The predicted molar refractivity (Wildman–Crippen MR) is 176 cm³/mol. The SMILES string of the molecule is Cc1ccc(C)c2cc3c(C#C[Si](C)(C)C)c4cc5c(C)ccc(C)c5cc4c(C#C[Si](C)(C)C)c3cc12. The Kier molecular flexibility index (Phi) is 6.34. The quantitative estimate of drug-likeness (QED) is 0.107. The molecule has 0 aliphatic rings. The Hall–Kier alpha value is -3.31. The number of fused-ring (bicyclic) bond motifs is 4. The molecule has 0 bridgehead atoms. The van der Waals surface area contributed by atoms with Gasteiger partial charge in [-0.25, -0.2) is 0 Å². The van der Waals surface area contributed by atoms with E-state index in [9.17, 15) is 0 Å². The van der Waals surface area contributed by atoms with E-state index in [1.165, 1.54) is 65.3 Å². The van der Waals surface area contributed by atoms with Gasteiger partial charge in [-0.3, -0.25) is 0 Å². The van der Waals surface area contributed by atoms with Gasteiger partial charge in [0.05, 0.1) is 0 Å². The minimum atomic E-state index is -1.60. The van der Waals surface area contributed by atoms with E-state index >= 15 is 0 Å². The van der Waals surface area contributed by atoms with Gasteiger partial charge in [0.15, 0.2) is 0 Å². The summed E-state index contributed by atoms with van der Waals surface area (Å²) in [5, 5.41) is 10.2. The predicted octanol–water partition coefficient (Wildman–Crippen LogP) is 9.99. The molecule has 0 amide bonds. The average Bonchev–Trinajstić information content (AvgIpc) is 2.83. The van der Waals surface area contributed by atoms with Gasteiger partial charge in [-0.05, 0) is 117 Å². The minimum absolute atomic E-state index is 1.15. The van der Waals surface area contributed by atoms with E-state index in [1.54, 1.807) is 0 Å². The molecule has 0 spiro atoms. The molecule has 190 valence electrons. The molecule has 0 aliphatic heterocycles. The molecule has 0 aromatic heterocycles. The van der Waals surface area contributed by atoms with Crippen molar-refractivity contribution in [2.24, 2.45) is 0 Å². The van der Waals surface area contributed by atoms with Crippen LogP contribution in [0.3, 0.4) is 0 Å². The highest BCUT2D eigenvalue weighted by atomic mass is 28.3. The summed E-state index contributed by atoms with van der Waals surface area (Å²) in [6.07, 6.45) is 0. The van der Waals surface area contributed by atoms with E-state index in [2.05, 4.69) is 138 Å². The van der Waals surface area contributed by atoms with Gasteiger partial charge < -0.3 is 0 Å². The first kappa shape index (κ1) is 26.3. The summed E-state index contributed by atoms with van der Waals surface area (Å²) in [6.45, 7) is 22.8. The second kappa shape index (κ2) is 9.16. The smallest absolute Gasteiger partial charge is 0.127 e. The van der Waals surface area contributed by atoms with Gasteiger partial charge >= 0.3 is 0 Å². The van der Waals surface area contributed by atoms with Gasteiger partial charge in [0, 0.05) is 11.1 Å². The lowest BCUT2D eigenvalue weighted by Gasteiger charge is -2.17. The van der Waals surface area contributed by atoms with Gasteiger partial charge in [0.2, 0.25) is 0 Å². The maximum atomic E-state index is 3.74. The highest BCUT2D eigenvalue weighted by molar-refractivity contribution is 6.84. The van der Waals surface area contributed by atoms with Crippen molar-refractivity contribution in [3.05, 3.63) is 81.9 Å². The van der Waals surface area contributed by atoms with Crippen LogP contribution < -0.4 is 0 Å². The molecule has 0 nitrogen and oxygen atoms in total. The van der Waals surface area contributed by atoms with Crippen LogP contribution >= 0.6 is 0 Å². The third-order valence-electron chi connectivity index (χ3n) is 7.38. The molecule has 0 N–H and O–H groups in total. The largest absolute Gasteiger partial charge is 0.129 e. The number of rotatable bonds is 0. The Balaban J connectivity index is 2.12. The summed E-state index contributed by atoms with van der Waals surface area (Å²) < 4.78 is 0. The molecule has 0 heterocycles. The van der Waals surface area contributed by atoms with E-state index < -0.39 is 16.1 Å². The normalized spacial score (nSPS) is 12.1. The van der Waals surface area contributed by atoms with Crippen LogP contribution in [0, 0.1) is 50.6 Å². The molecule has 0 saturated carbocycles. The standard InChI is InChI=1S/C36H38Si2/c1-23-11-12-24(2)30-20-34-28(16-18-38(8,9)10)36-22-32-26(4)14-13-25(3)31(32)21-35(36)27(15-17-37(5,6)7)33(34)19-29(23)30/h11-14,19-22H,1-10H3. The van der Waals surface area contributed by atoms with Crippen molar-refractivity contribution in [3.8, 4) is 22.9 Å². The summed E-state index contributed by atoms with van der Waals surface area (Å²) in [7, 11) is -3.20. The Morgan fingerprint density at radius 3 is 0.842 bits per heavy atom. The van der Waals surface area contributed by atoms with Crippen molar-refractivity contribution in [1.29, 1.82) is 0 Å². The maximum Gasteiger partial charge on any atom is 0.129 e. The first-order valence-electron chi connectivity index (χ1n) is 13.6. The molecule has 0 radical (unpaired) electrons. The van der Waals surface area contributed by atoms with Crippen LogP contribution in [-0.2, 0) is 0 Å². The van der Waals surface area contributed by atoms with E-state index in [0.29, 0.717) is 0 Å². The minimum Gasteiger partial charge on any atom is -0.127 e. The molecule has 5 rings (SSSR count). The van der Waals surface area contributed by atoms with Gasteiger partial charge in [0.25, 0.3) is 0 Å². The topological polar surface area (TPSA) is 0 Å². The Labute approximate surface area is 230 Å². The zero-order valence-electron chi connectivity index (χ0n) is 24.6. The summed E-state index contributed by atoms with van der Waals surface area (Å²) in [5.74, 6) is 7.48. The molecule has 0 saturated heterocycles. The van der Waals surface area contributed by atoms with Gasteiger partial charge in [-0.2, -0.15) is 0 Å². The van der Waals surface area contributed by atoms with Crippen LogP contribution in [0.15, 0.2) is 48.5 Å². The van der Waals surface area contributed by atoms with Gasteiger partial charge in [0.1, 0.15) is 16.1 Å². The number of hydrogen-bond acceptors (Lipinski definition) is 0. The molecule has 0 fully saturated rings. The molecule has 2 heteroatoms. The monoisotopic (exact) mass is 526 g/mol. The average molecular weight is 527 g/mol. The zero-order valence-corrected chi connectivity index (χ0v) is 26.6. The third kappa shape index (κ3) is 4.80. The molecule has 38 heavy (non-hydrogen) atoms. The molecular formula is C36H38Si2. The lowest BCUT2D eigenvalue weighted by molar-refractivity contribution is 1.46. The van der Waals surface area contributed by atoms with Crippen LogP contribution in [-0.4, -0.2) is 16.1 Å². The Morgan fingerprint density at radius 1 is 0.395 bits per heavy atom. The molecule has 0 atom stereocenters. The van der Waals surface area contributed by atoms with E-state index in [4.69, 9.17) is 0 Å². The van der Waals surface area contributed by atoms with Crippen LogP contribution in [0.2, 0.25) is 39.3 Å². The van der Waals surface area contributed by atoms with Gasteiger partial charge in [-0.1, -0.05) is 75.4 Å². The van der Waals surface area contributed by atoms with E-state index in [0.717, 1.165) is 11.1 Å². The van der Waals surface area contributed by atoms with Crippen molar-refractivity contribution in [1.82, 2.24) is 0 Å². The highest BCUT2D eigenvalue weighted by Crippen LogP contribution is 2.39. The van der Waals surface area contributed by atoms with Crippen molar-refractivity contribution in [2.75, 3.05) is 0 Å². The summed E-state index contributed by atoms with van der Waals surface area (Å²) in [4.78, 5) is 0. The van der Waals surface area contributed by atoms with Crippen LogP contribution in [0.1, 0.15) is 33.4 Å². The van der Waals surface area contributed by atoms with E-state index in [-0.39, 0.29) is 0 Å². The fourth-order valence-electron chi connectivity index (χ4n) is 5.25.